The summed E-state index contributed by atoms with van der Waals surface area (Å²) in [5, 5.41) is 0. The van der Waals surface area contributed by atoms with Crippen LogP contribution in [0.15, 0.2) is 54.6 Å². The van der Waals surface area contributed by atoms with Crippen LogP contribution in [0.4, 0.5) is 0 Å². The standard InChI is InChI=1S/C16H17NO2/c1-19-16-10-6-5-9-13(16)15(18)11-14(17)12-7-3-2-4-8-12/h2-10,14H,11,17H2,1H3. The Bertz CT molecular complexity index is 552. The lowest BCUT2D eigenvalue weighted by Crippen LogP contribution is -2.16. The molecule has 0 aromatic heterocycles. The van der Waals surface area contributed by atoms with Gasteiger partial charge in [0.05, 0.1) is 12.7 Å². The molecule has 1 unspecified atom stereocenters. The van der Waals surface area contributed by atoms with Gasteiger partial charge in [-0.25, -0.2) is 0 Å². The first kappa shape index (κ1) is 13.3. The van der Waals surface area contributed by atoms with Gasteiger partial charge in [-0.3, -0.25) is 4.79 Å². The van der Waals surface area contributed by atoms with Crippen LogP contribution >= 0.6 is 0 Å². The van der Waals surface area contributed by atoms with Crippen molar-refractivity contribution in [1.29, 1.82) is 0 Å². The smallest absolute Gasteiger partial charge is 0.168 e. The maximum Gasteiger partial charge on any atom is 0.168 e. The molecule has 0 spiro atoms. The van der Waals surface area contributed by atoms with Crippen LogP contribution in [0.5, 0.6) is 5.75 Å². The van der Waals surface area contributed by atoms with Gasteiger partial charge in [0.1, 0.15) is 5.75 Å². The highest BCUT2D eigenvalue weighted by molar-refractivity contribution is 5.99. The molecule has 0 saturated heterocycles. The van der Waals surface area contributed by atoms with Crippen LogP contribution in [0.25, 0.3) is 0 Å². The first-order valence-electron chi connectivity index (χ1n) is 6.19. The maximum atomic E-state index is 12.2. The van der Waals surface area contributed by atoms with Gasteiger partial charge in [-0.1, -0.05) is 42.5 Å². The fraction of sp³-hybridized carbons (Fsp3) is 0.188. The quantitative estimate of drug-likeness (QED) is 0.836. The number of para-hydroxylation sites is 1. The SMILES string of the molecule is COc1ccccc1C(=O)CC(N)c1ccccc1. The molecule has 3 heteroatoms. The van der Waals surface area contributed by atoms with E-state index >= 15 is 0 Å². The fourth-order valence-electron chi connectivity index (χ4n) is 2.00. The number of carbonyl (C=O) groups is 1. The molecule has 0 bridgehead atoms. The van der Waals surface area contributed by atoms with E-state index in [4.69, 9.17) is 10.5 Å². The van der Waals surface area contributed by atoms with Crippen molar-refractivity contribution < 1.29 is 9.53 Å². The molecule has 0 saturated carbocycles. The van der Waals surface area contributed by atoms with Crippen molar-refractivity contribution in [2.24, 2.45) is 5.73 Å². The lowest BCUT2D eigenvalue weighted by atomic mass is 9.98. The van der Waals surface area contributed by atoms with Crippen molar-refractivity contribution in [2.75, 3.05) is 7.11 Å². The third kappa shape index (κ3) is 3.20. The first-order valence-corrected chi connectivity index (χ1v) is 6.19. The molecule has 0 heterocycles. The minimum atomic E-state index is -0.293. The normalized spacial score (nSPS) is 11.9. The lowest BCUT2D eigenvalue weighted by molar-refractivity contribution is 0.0971. The molecule has 2 aromatic carbocycles. The molecule has 0 aliphatic carbocycles. The van der Waals surface area contributed by atoms with E-state index in [2.05, 4.69) is 0 Å². The average Bonchev–Trinajstić information content (AvgIpc) is 2.48. The van der Waals surface area contributed by atoms with E-state index in [1.54, 1.807) is 19.2 Å². The highest BCUT2D eigenvalue weighted by Gasteiger charge is 2.16. The van der Waals surface area contributed by atoms with Crippen molar-refractivity contribution in [2.45, 2.75) is 12.5 Å². The molecule has 2 N–H and O–H groups in total. The Morgan fingerprint density at radius 2 is 1.74 bits per heavy atom. The maximum absolute atomic E-state index is 12.2. The topological polar surface area (TPSA) is 52.3 Å². The summed E-state index contributed by atoms with van der Waals surface area (Å²) in [7, 11) is 1.56. The summed E-state index contributed by atoms with van der Waals surface area (Å²) in [5.74, 6) is 0.585. The predicted molar refractivity (Wildman–Crippen MR) is 75.3 cm³/mol. The molecule has 3 nitrogen and oxygen atoms in total. The van der Waals surface area contributed by atoms with Gasteiger partial charge in [-0.15, -0.1) is 0 Å². The van der Waals surface area contributed by atoms with E-state index in [9.17, 15) is 4.79 Å². The van der Waals surface area contributed by atoms with Crippen molar-refractivity contribution in [3.8, 4) is 5.75 Å². The fourth-order valence-corrected chi connectivity index (χ4v) is 2.00. The summed E-state index contributed by atoms with van der Waals surface area (Å²) in [6.07, 6.45) is 0.268. The minimum Gasteiger partial charge on any atom is -0.496 e. The minimum absolute atomic E-state index is 0.00574. The number of ketones is 1. The second-order valence-corrected chi connectivity index (χ2v) is 4.34. The van der Waals surface area contributed by atoms with E-state index < -0.39 is 0 Å². The van der Waals surface area contributed by atoms with Gasteiger partial charge >= 0.3 is 0 Å². The average molecular weight is 255 g/mol. The van der Waals surface area contributed by atoms with Gasteiger partial charge in [0.2, 0.25) is 0 Å². The Hall–Kier alpha value is -2.13. The highest BCUT2D eigenvalue weighted by Crippen LogP contribution is 2.22. The second-order valence-electron chi connectivity index (χ2n) is 4.34. The summed E-state index contributed by atoms with van der Waals surface area (Å²) in [6, 6.07) is 16.5. The molecule has 0 aliphatic rings. The van der Waals surface area contributed by atoms with Gasteiger partial charge in [0, 0.05) is 12.5 Å². The zero-order valence-electron chi connectivity index (χ0n) is 10.9. The molecule has 98 valence electrons. The van der Waals surface area contributed by atoms with Gasteiger partial charge in [-0.2, -0.15) is 0 Å². The van der Waals surface area contributed by atoms with E-state index in [1.165, 1.54) is 0 Å². The van der Waals surface area contributed by atoms with Crippen LogP contribution in [0.2, 0.25) is 0 Å². The van der Waals surface area contributed by atoms with Crippen LogP contribution in [-0.2, 0) is 0 Å². The molecule has 0 fully saturated rings. The Balaban J connectivity index is 2.13. The summed E-state index contributed by atoms with van der Waals surface area (Å²) in [6.45, 7) is 0. The van der Waals surface area contributed by atoms with Crippen molar-refractivity contribution in [1.82, 2.24) is 0 Å². The van der Waals surface area contributed by atoms with Crippen molar-refractivity contribution in [3.63, 3.8) is 0 Å². The van der Waals surface area contributed by atoms with E-state index in [0.29, 0.717) is 11.3 Å². The summed E-state index contributed by atoms with van der Waals surface area (Å²) < 4.78 is 5.19. The Kier molecular flexibility index (Phi) is 4.31. The number of rotatable bonds is 5. The third-order valence-electron chi connectivity index (χ3n) is 3.04. The lowest BCUT2D eigenvalue weighted by Gasteiger charge is -2.12. The van der Waals surface area contributed by atoms with Crippen LogP contribution in [-0.4, -0.2) is 12.9 Å². The van der Waals surface area contributed by atoms with Crippen LogP contribution in [0.3, 0.4) is 0 Å². The van der Waals surface area contributed by atoms with Gasteiger partial charge in [0.15, 0.2) is 5.78 Å². The summed E-state index contributed by atoms with van der Waals surface area (Å²) >= 11 is 0. The molecule has 0 amide bonds. The van der Waals surface area contributed by atoms with Gasteiger partial charge < -0.3 is 10.5 Å². The Labute approximate surface area is 113 Å². The number of hydrogen-bond donors (Lipinski definition) is 1. The predicted octanol–water partition coefficient (Wildman–Crippen LogP) is 2.97. The largest absolute Gasteiger partial charge is 0.496 e. The number of hydrogen-bond acceptors (Lipinski definition) is 3. The molecule has 2 aromatic rings. The number of carbonyl (C=O) groups excluding carboxylic acids is 1. The van der Waals surface area contributed by atoms with E-state index in [-0.39, 0.29) is 18.2 Å². The van der Waals surface area contributed by atoms with Crippen molar-refractivity contribution in [3.05, 3.63) is 65.7 Å². The molecular weight excluding hydrogens is 238 g/mol. The number of methoxy groups -OCH3 is 1. The Morgan fingerprint density at radius 1 is 1.11 bits per heavy atom. The second kappa shape index (κ2) is 6.16. The zero-order valence-corrected chi connectivity index (χ0v) is 10.9. The first-order chi connectivity index (χ1) is 9.22. The zero-order chi connectivity index (χ0) is 13.7. The van der Waals surface area contributed by atoms with Gasteiger partial charge in [0.25, 0.3) is 0 Å². The van der Waals surface area contributed by atoms with Crippen molar-refractivity contribution >= 4 is 5.78 Å². The molecule has 1 atom stereocenters. The third-order valence-corrected chi connectivity index (χ3v) is 3.04. The number of ether oxygens (including phenoxy) is 1. The number of nitrogens with two attached hydrogens (primary N) is 1. The van der Waals surface area contributed by atoms with Crippen LogP contribution in [0.1, 0.15) is 28.4 Å². The number of benzene rings is 2. The van der Waals surface area contributed by atoms with Gasteiger partial charge in [-0.05, 0) is 17.7 Å². The van der Waals surface area contributed by atoms with Crippen LogP contribution < -0.4 is 10.5 Å². The summed E-state index contributed by atoms with van der Waals surface area (Å²) in [5.41, 5.74) is 7.61. The number of Topliss-reactive ketones (excluding diaryl/α,β-unsaturated/α-hetero) is 1. The summed E-state index contributed by atoms with van der Waals surface area (Å²) in [4.78, 5) is 12.2. The van der Waals surface area contributed by atoms with Crippen LogP contribution in [0, 0.1) is 0 Å². The molecule has 0 radical (unpaired) electrons. The van der Waals surface area contributed by atoms with E-state index in [1.807, 2.05) is 42.5 Å². The monoisotopic (exact) mass is 255 g/mol. The van der Waals surface area contributed by atoms with E-state index in [0.717, 1.165) is 5.56 Å². The molecule has 19 heavy (non-hydrogen) atoms. The Morgan fingerprint density at radius 3 is 2.42 bits per heavy atom. The molecular formula is C16H17NO2. The molecule has 2 rings (SSSR count). The molecule has 0 aliphatic heterocycles. The highest BCUT2D eigenvalue weighted by atomic mass is 16.5.